The van der Waals surface area contributed by atoms with E-state index in [1.807, 2.05) is 30.5 Å². The Balaban J connectivity index is 2.69. The standard InChI is InChI=1S/C14H17NO3S/c1-3-4-5-8-13(16)15-11(10-14(17)18-2)12-7-6-9-19-12/h3-9,11H,10H2,1-2H3,(H,15,16)/b4-3+,8-5-/t11-/m0/s1. The minimum absolute atomic E-state index is 0.125. The number of hydrogen-bond acceptors (Lipinski definition) is 4. The molecule has 0 fully saturated rings. The van der Waals surface area contributed by atoms with Crippen molar-refractivity contribution in [2.24, 2.45) is 0 Å². The smallest absolute Gasteiger partial charge is 0.307 e. The highest BCUT2D eigenvalue weighted by Crippen LogP contribution is 2.22. The lowest BCUT2D eigenvalue weighted by Crippen LogP contribution is -2.28. The maximum absolute atomic E-state index is 11.7. The highest BCUT2D eigenvalue weighted by molar-refractivity contribution is 7.10. The molecule has 1 aromatic rings. The van der Waals surface area contributed by atoms with Crippen LogP contribution < -0.4 is 5.32 Å². The predicted molar refractivity (Wildman–Crippen MR) is 75.8 cm³/mol. The van der Waals surface area contributed by atoms with Gasteiger partial charge in [0.25, 0.3) is 0 Å². The van der Waals surface area contributed by atoms with E-state index in [1.54, 1.807) is 12.2 Å². The Kier molecular flexibility index (Phi) is 6.60. The zero-order valence-corrected chi connectivity index (χ0v) is 11.8. The summed E-state index contributed by atoms with van der Waals surface area (Å²) < 4.78 is 4.64. The van der Waals surface area contributed by atoms with Crippen LogP contribution in [0.1, 0.15) is 24.3 Å². The number of rotatable bonds is 6. The van der Waals surface area contributed by atoms with E-state index in [1.165, 1.54) is 24.5 Å². The average Bonchev–Trinajstić information content (AvgIpc) is 2.92. The van der Waals surface area contributed by atoms with Crippen LogP contribution in [0.15, 0.2) is 41.8 Å². The van der Waals surface area contributed by atoms with E-state index < -0.39 is 0 Å². The van der Waals surface area contributed by atoms with Gasteiger partial charge in [-0.1, -0.05) is 24.3 Å². The highest BCUT2D eigenvalue weighted by atomic mass is 32.1. The SMILES string of the molecule is C/C=C/C=C\C(=O)N[C@@H](CC(=O)OC)c1cccs1. The fourth-order valence-electron chi connectivity index (χ4n) is 1.44. The summed E-state index contributed by atoms with van der Waals surface area (Å²) in [7, 11) is 1.33. The molecule has 0 aromatic carbocycles. The summed E-state index contributed by atoms with van der Waals surface area (Å²) >= 11 is 1.49. The van der Waals surface area contributed by atoms with Crippen molar-refractivity contribution in [2.45, 2.75) is 19.4 Å². The molecule has 0 aliphatic rings. The molecule has 5 heteroatoms. The van der Waals surface area contributed by atoms with Gasteiger partial charge in [0.1, 0.15) is 0 Å². The number of ether oxygens (including phenoxy) is 1. The number of hydrogen-bond donors (Lipinski definition) is 1. The first-order valence-electron chi connectivity index (χ1n) is 5.87. The van der Waals surface area contributed by atoms with Crippen molar-refractivity contribution >= 4 is 23.2 Å². The molecular weight excluding hydrogens is 262 g/mol. The van der Waals surface area contributed by atoms with Crippen LogP contribution in [0.2, 0.25) is 0 Å². The van der Waals surface area contributed by atoms with Crippen LogP contribution >= 0.6 is 11.3 Å². The Hall–Kier alpha value is -1.88. The van der Waals surface area contributed by atoms with Crippen molar-refractivity contribution in [3.63, 3.8) is 0 Å². The minimum atomic E-state index is -0.352. The van der Waals surface area contributed by atoms with Gasteiger partial charge in [-0.25, -0.2) is 0 Å². The molecule has 0 bridgehead atoms. The van der Waals surface area contributed by atoms with Crippen LogP contribution in [-0.4, -0.2) is 19.0 Å². The van der Waals surface area contributed by atoms with Crippen LogP contribution in [0, 0.1) is 0 Å². The lowest BCUT2D eigenvalue weighted by Gasteiger charge is -2.15. The maximum Gasteiger partial charge on any atom is 0.307 e. The van der Waals surface area contributed by atoms with Gasteiger partial charge in [-0.2, -0.15) is 0 Å². The number of carbonyl (C=O) groups excluding carboxylic acids is 2. The van der Waals surface area contributed by atoms with Crippen molar-refractivity contribution in [3.05, 3.63) is 46.7 Å². The van der Waals surface area contributed by atoms with Gasteiger partial charge in [0.15, 0.2) is 0 Å². The number of nitrogens with one attached hydrogen (secondary N) is 1. The van der Waals surface area contributed by atoms with Crippen LogP contribution in [0.4, 0.5) is 0 Å². The highest BCUT2D eigenvalue weighted by Gasteiger charge is 2.18. The zero-order valence-electron chi connectivity index (χ0n) is 11.0. The van der Waals surface area contributed by atoms with Crippen molar-refractivity contribution in [2.75, 3.05) is 7.11 Å². The number of carbonyl (C=O) groups is 2. The minimum Gasteiger partial charge on any atom is -0.469 e. The fourth-order valence-corrected chi connectivity index (χ4v) is 2.21. The zero-order chi connectivity index (χ0) is 14.1. The molecule has 1 N–H and O–H groups in total. The Morgan fingerprint density at radius 2 is 2.26 bits per heavy atom. The number of thiophene rings is 1. The number of methoxy groups -OCH3 is 1. The fraction of sp³-hybridized carbons (Fsp3) is 0.286. The summed E-state index contributed by atoms with van der Waals surface area (Å²) in [5, 5.41) is 4.70. The van der Waals surface area contributed by atoms with Crippen molar-refractivity contribution in [3.8, 4) is 0 Å². The van der Waals surface area contributed by atoms with E-state index in [0.29, 0.717) is 0 Å². The molecule has 0 aliphatic heterocycles. The molecule has 1 aromatic heterocycles. The van der Waals surface area contributed by atoms with E-state index >= 15 is 0 Å². The third kappa shape index (κ3) is 5.52. The lowest BCUT2D eigenvalue weighted by molar-refractivity contribution is -0.141. The molecule has 19 heavy (non-hydrogen) atoms. The summed E-state index contributed by atoms with van der Waals surface area (Å²) in [5.74, 6) is -0.587. The average molecular weight is 279 g/mol. The summed E-state index contributed by atoms with van der Waals surface area (Å²) in [6.07, 6.45) is 6.80. The molecule has 0 unspecified atom stereocenters. The Bertz CT molecular complexity index is 463. The van der Waals surface area contributed by atoms with E-state index in [-0.39, 0.29) is 24.3 Å². The molecule has 0 spiro atoms. The van der Waals surface area contributed by atoms with Gasteiger partial charge < -0.3 is 10.1 Å². The third-order valence-electron chi connectivity index (χ3n) is 2.35. The van der Waals surface area contributed by atoms with Gasteiger partial charge in [0.2, 0.25) is 5.91 Å². The van der Waals surface area contributed by atoms with Gasteiger partial charge in [-0.3, -0.25) is 9.59 Å². The topological polar surface area (TPSA) is 55.4 Å². The number of esters is 1. The second-order valence-electron chi connectivity index (χ2n) is 3.74. The van der Waals surface area contributed by atoms with Crippen molar-refractivity contribution in [1.82, 2.24) is 5.32 Å². The van der Waals surface area contributed by atoms with Crippen LogP contribution in [-0.2, 0) is 14.3 Å². The van der Waals surface area contributed by atoms with E-state index in [0.717, 1.165) is 4.88 Å². The van der Waals surface area contributed by atoms with Gasteiger partial charge in [-0.15, -0.1) is 11.3 Å². The first-order valence-corrected chi connectivity index (χ1v) is 6.75. The van der Waals surface area contributed by atoms with E-state index in [4.69, 9.17) is 0 Å². The van der Waals surface area contributed by atoms with E-state index in [9.17, 15) is 9.59 Å². The molecule has 1 heterocycles. The number of allylic oxidation sites excluding steroid dienone is 3. The normalized spacial score (nSPS) is 12.7. The lowest BCUT2D eigenvalue weighted by atomic mass is 10.1. The molecule has 0 saturated heterocycles. The van der Waals surface area contributed by atoms with Crippen LogP contribution in [0.5, 0.6) is 0 Å². The summed E-state index contributed by atoms with van der Waals surface area (Å²) in [6, 6.07) is 3.41. The molecule has 0 radical (unpaired) electrons. The van der Waals surface area contributed by atoms with Crippen molar-refractivity contribution in [1.29, 1.82) is 0 Å². The van der Waals surface area contributed by atoms with Gasteiger partial charge >= 0.3 is 5.97 Å². The van der Waals surface area contributed by atoms with Crippen molar-refractivity contribution < 1.29 is 14.3 Å². The van der Waals surface area contributed by atoms with Gasteiger partial charge in [-0.05, 0) is 18.4 Å². The molecule has 0 aliphatic carbocycles. The second-order valence-corrected chi connectivity index (χ2v) is 4.72. The molecule has 1 rings (SSSR count). The summed E-state index contributed by atoms with van der Waals surface area (Å²) in [6.45, 7) is 1.87. The maximum atomic E-state index is 11.7. The molecule has 102 valence electrons. The Labute approximate surface area is 116 Å². The Morgan fingerprint density at radius 3 is 2.84 bits per heavy atom. The molecular formula is C14H17NO3S. The molecule has 0 saturated carbocycles. The molecule has 4 nitrogen and oxygen atoms in total. The molecule has 1 atom stereocenters. The summed E-state index contributed by atoms with van der Waals surface area (Å²) in [4.78, 5) is 24.0. The van der Waals surface area contributed by atoms with Crippen LogP contribution in [0.25, 0.3) is 0 Å². The van der Waals surface area contributed by atoms with E-state index in [2.05, 4.69) is 10.1 Å². The largest absolute Gasteiger partial charge is 0.469 e. The van der Waals surface area contributed by atoms with Gasteiger partial charge in [0.05, 0.1) is 19.6 Å². The quantitative estimate of drug-likeness (QED) is 0.495. The first kappa shape index (κ1) is 15.2. The third-order valence-corrected chi connectivity index (χ3v) is 3.34. The summed E-state index contributed by atoms with van der Waals surface area (Å²) in [5.41, 5.74) is 0. The van der Waals surface area contributed by atoms with Crippen LogP contribution in [0.3, 0.4) is 0 Å². The Morgan fingerprint density at radius 1 is 1.47 bits per heavy atom. The second kappa shape index (κ2) is 8.26. The predicted octanol–water partition coefficient (Wildman–Crippen LogP) is 2.60. The van der Waals surface area contributed by atoms with Gasteiger partial charge in [0, 0.05) is 11.0 Å². The monoisotopic (exact) mass is 279 g/mol. The molecule has 1 amide bonds. The number of amides is 1. The first-order chi connectivity index (χ1) is 9.17.